The molecule has 0 spiro atoms. The molecule has 2 aromatic heterocycles. The predicted octanol–water partition coefficient (Wildman–Crippen LogP) is 5.03. The van der Waals surface area contributed by atoms with Crippen LogP contribution in [0.5, 0.6) is 0 Å². The van der Waals surface area contributed by atoms with E-state index in [1.165, 1.54) is 30.6 Å². The van der Waals surface area contributed by atoms with Gasteiger partial charge in [-0.25, -0.2) is 9.97 Å². The summed E-state index contributed by atoms with van der Waals surface area (Å²) in [5.41, 5.74) is 0.299. The fourth-order valence-electron chi connectivity index (χ4n) is 3.05. The van der Waals surface area contributed by atoms with Gasteiger partial charge in [0.2, 0.25) is 5.28 Å². The Morgan fingerprint density at radius 1 is 1.35 bits per heavy atom. The largest absolute Gasteiger partial charge is 0.366 e. The maximum atomic E-state index is 6.07. The highest BCUT2D eigenvalue weighted by Gasteiger charge is 2.32. The van der Waals surface area contributed by atoms with Crippen LogP contribution in [0.1, 0.15) is 44.4 Å². The first-order valence-corrected chi connectivity index (χ1v) is 8.35. The van der Waals surface area contributed by atoms with Crippen LogP contribution in [0.25, 0.3) is 10.2 Å². The second kappa shape index (κ2) is 5.15. The first-order valence-electron chi connectivity index (χ1n) is 7.16. The van der Waals surface area contributed by atoms with Crippen LogP contribution >= 0.6 is 22.9 Å². The summed E-state index contributed by atoms with van der Waals surface area (Å²) in [6.07, 6.45) is 5.06. The van der Waals surface area contributed by atoms with Gasteiger partial charge in [0.05, 0.1) is 5.39 Å². The highest BCUT2D eigenvalue weighted by Crippen LogP contribution is 2.38. The van der Waals surface area contributed by atoms with Crippen molar-refractivity contribution in [2.45, 2.75) is 52.5 Å². The predicted molar refractivity (Wildman–Crippen MR) is 86.8 cm³/mol. The smallest absolute Gasteiger partial charge is 0.225 e. The topological polar surface area (TPSA) is 37.8 Å². The molecule has 1 N–H and O–H groups in total. The number of anilines is 1. The lowest BCUT2D eigenvalue weighted by molar-refractivity contribution is 0.217. The minimum absolute atomic E-state index is 0.299. The number of hydrogen-bond donors (Lipinski definition) is 1. The van der Waals surface area contributed by atoms with Gasteiger partial charge in [-0.2, -0.15) is 0 Å². The third-order valence-electron chi connectivity index (χ3n) is 4.31. The zero-order chi connectivity index (χ0) is 14.3. The lowest BCUT2D eigenvalue weighted by Gasteiger charge is -2.39. The Morgan fingerprint density at radius 3 is 2.90 bits per heavy atom. The molecule has 1 fully saturated rings. The number of nitrogens with one attached hydrogen (secondary N) is 1. The molecule has 0 radical (unpaired) electrons. The molecule has 2 aromatic rings. The molecular weight excluding hydrogens is 290 g/mol. The third-order valence-corrected chi connectivity index (χ3v) is 5.42. The molecular formula is C15H20ClN3S. The van der Waals surface area contributed by atoms with Crippen LogP contribution in [0.4, 0.5) is 5.82 Å². The Balaban J connectivity index is 1.97. The van der Waals surface area contributed by atoms with Crippen molar-refractivity contribution in [3.05, 3.63) is 16.2 Å². The SMILES string of the molecule is Cc1cc2c(NC3CCCCC3(C)C)nc(Cl)nc2s1. The molecule has 0 saturated heterocycles. The van der Waals surface area contributed by atoms with E-state index in [9.17, 15) is 0 Å². The first kappa shape index (κ1) is 14.1. The standard InChI is InChI=1S/C15H20ClN3S/c1-9-8-10-12(18-14(16)19-13(10)20-9)17-11-6-4-5-7-15(11,2)3/h8,11H,4-7H2,1-3H3,(H,17,18,19). The van der Waals surface area contributed by atoms with E-state index >= 15 is 0 Å². The molecule has 3 nitrogen and oxygen atoms in total. The van der Waals surface area contributed by atoms with Crippen molar-refractivity contribution in [1.29, 1.82) is 0 Å². The van der Waals surface area contributed by atoms with Gasteiger partial charge >= 0.3 is 0 Å². The van der Waals surface area contributed by atoms with Crippen molar-refractivity contribution >= 4 is 39.0 Å². The molecule has 1 aliphatic rings. The molecule has 1 saturated carbocycles. The van der Waals surface area contributed by atoms with Crippen molar-refractivity contribution in [3.63, 3.8) is 0 Å². The lowest BCUT2D eigenvalue weighted by atomic mass is 9.73. The molecule has 0 aromatic carbocycles. The maximum Gasteiger partial charge on any atom is 0.225 e. The van der Waals surface area contributed by atoms with Gasteiger partial charge in [0.15, 0.2) is 0 Å². The molecule has 3 rings (SSSR count). The monoisotopic (exact) mass is 309 g/mol. The third kappa shape index (κ3) is 2.63. The second-order valence-corrected chi connectivity index (χ2v) is 7.92. The zero-order valence-corrected chi connectivity index (χ0v) is 13.7. The van der Waals surface area contributed by atoms with E-state index < -0.39 is 0 Å². The van der Waals surface area contributed by atoms with Crippen LogP contribution in [0.15, 0.2) is 6.07 Å². The van der Waals surface area contributed by atoms with Gasteiger partial charge in [-0.3, -0.25) is 0 Å². The molecule has 1 atom stereocenters. The summed E-state index contributed by atoms with van der Waals surface area (Å²) in [6, 6.07) is 2.60. The summed E-state index contributed by atoms with van der Waals surface area (Å²) < 4.78 is 0. The van der Waals surface area contributed by atoms with Gasteiger partial charge in [-0.15, -0.1) is 11.3 Å². The number of nitrogens with zero attached hydrogens (tertiary/aromatic N) is 2. The maximum absolute atomic E-state index is 6.07. The van der Waals surface area contributed by atoms with E-state index in [2.05, 4.69) is 42.1 Å². The van der Waals surface area contributed by atoms with Crippen LogP contribution in [0, 0.1) is 12.3 Å². The highest BCUT2D eigenvalue weighted by molar-refractivity contribution is 7.18. The molecule has 0 amide bonds. The first-order chi connectivity index (χ1) is 9.45. The average molecular weight is 310 g/mol. The molecule has 20 heavy (non-hydrogen) atoms. The van der Waals surface area contributed by atoms with Crippen molar-refractivity contribution in [2.75, 3.05) is 5.32 Å². The molecule has 2 heterocycles. The Bertz CT molecular complexity index is 635. The summed E-state index contributed by atoms with van der Waals surface area (Å²) in [7, 11) is 0. The summed E-state index contributed by atoms with van der Waals surface area (Å²) in [5.74, 6) is 0.893. The van der Waals surface area contributed by atoms with Crippen LogP contribution in [0.2, 0.25) is 5.28 Å². The quantitative estimate of drug-likeness (QED) is 0.790. The number of thiophene rings is 1. The average Bonchev–Trinajstić information content (AvgIpc) is 2.72. The summed E-state index contributed by atoms with van der Waals surface area (Å²) in [6.45, 7) is 6.76. The number of rotatable bonds is 2. The molecule has 5 heteroatoms. The van der Waals surface area contributed by atoms with Crippen LogP contribution in [-0.2, 0) is 0 Å². The summed E-state index contributed by atoms with van der Waals surface area (Å²) in [4.78, 5) is 11.0. The molecule has 0 aliphatic heterocycles. The van der Waals surface area contributed by atoms with E-state index in [0.717, 1.165) is 16.0 Å². The van der Waals surface area contributed by atoms with Crippen LogP contribution in [-0.4, -0.2) is 16.0 Å². The molecule has 0 bridgehead atoms. The molecule has 1 aliphatic carbocycles. The number of fused-ring (bicyclic) bond motifs is 1. The number of hydrogen-bond acceptors (Lipinski definition) is 4. The van der Waals surface area contributed by atoms with Crippen molar-refractivity contribution in [1.82, 2.24) is 9.97 Å². The van der Waals surface area contributed by atoms with E-state index in [4.69, 9.17) is 11.6 Å². The van der Waals surface area contributed by atoms with Gasteiger partial charge in [-0.05, 0) is 42.8 Å². The van der Waals surface area contributed by atoms with Gasteiger partial charge in [0.25, 0.3) is 0 Å². The number of aryl methyl sites for hydroxylation is 1. The number of halogens is 1. The van der Waals surface area contributed by atoms with Crippen LogP contribution in [0.3, 0.4) is 0 Å². The van der Waals surface area contributed by atoms with E-state index in [0.29, 0.717) is 16.7 Å². The summed E-state index contributed by atoms with van der Waals surface area (Å²) >= 11 is 7.73. The Hall–Kier alpha value is -0.870. The van der Waals surface area contributed by atoms with E-state index in [1.54, 1.807) is 11.3 Å². The number of aromatic nitrogens is 2. The van der Waals surface area contributed by atoms with E-state index in [1.807, 2.05) is 0 Å². The highest BCUT2D eigenvalue weighted by atomic mass is 35.5. The Labute approximate surface area is 128 Å². The lowest BCUT2D eigenvalue weighted by Crippen LogP contribution is -2.39. The molecule has 108 valence electrons. The second-order valence-electron chi connectivity index (χ2n) is 6.35. The minimum atomic E-state index is 0.299. The fraction of sp³-hybridized carbons (Fsp3) is 0.600. The van der Waals surface area contributed by atoms with Crippen molar-refractivity contribution in [2.24, 2.45) is 5.41 Å². The fourth-order valence-corrected chi connectivity index (χ4v) is 4.15. The Kier molecular flexibility index (Phi) is 3.63. The summed E-state index contributed by atoms with van der Waals surface area (Å²) in [5, 5.41) is 5.06. The normalized spacial score (nSPS) is 22.1. The van der Waals surface area contributed by atoms with Gasteiger partial charge in [-0.1, -0.05) is 26.7 Å². The molecule has 1 unspecified atom stereocenters. The van der Waals surface area contributed by atoms with Gasteiger partial charge < -0.3 is 5.32 Å². The zero-order valence-electron chi connectivity index (χ0n) is 12.2. The van der Waals surface area contributed by atoms with Crippen molar-refractivity contribution < 1.29 is 0 Å². The van der Waals surface area contributed by atoms with Crippen molar-refractivity contribution in [3.8, 4) is 0 Å². The van der Waals surface area contributed by atoms with Crippen LogP contribution < -0.4 is 5.32 Å². The Morgan fingerprint density at radius 2 is 2.15 bits per heavy atom. The van der Waals surface area contributed by atoms with Gasteiger partial charge in [0, 0.05) is 10.9 Å². The minimum Gasteiger partial charge on any atom is -0.366 e. The van der Waals surface area contributed by atoms with E-state index in [-0.39, 0.29) is 0 Å². The van der Waals surface area contributed by atoms with Gasteiger partial charge in [0.1, 0.15) is 10.6 Å².